The fourth-order valence-corrected chi connectivity index (χ4v) is 4.64. The van der Waals surface area contributed by atoms with Gasteiger partial charge in [0.05, 0.1) is 4.90 Å². The normalized spacial score (nSPS) is 15.5. The summed E-state index contributed by atoms with van der Waals surface area (Å²) in [4.78, 5) is 9.46. The van der Waals surface area contributed by atoms with Crippen molar-refractivity contribution in [1.29, 1.82) is 0 Å². The predicted octanol–water partition coefficient (Wildman–Crippen LogP) is 2.45. The number of benzene rings is 2. The molecule has 1 aliphatic rings. The number of sulfonamides is 1. The Morgan fingerprint density at radius 2 is 1.68 bits per heavy atom. The van der Waals surface area contributed by atoms with Gasteiger partial charge in [-0.1, -0.05) is 24.3 Å². The number of nitrogens with zero attached hydrogens (tertiary/aromatic N) is 4. The molecule has 0 atom stereocenters. The molecule has 1 heterocycles. The number of nitrogens with one attached hydrogen (secondary N) is 1. The van der Waals surface area contributed by atoms with Gasteiger partial charge in [-0.15, -0.1) is 0 Å². The average molecular weight is 444 g/mol. The van der Waals surface area contributed by atoms with Gasteiger partial charge in [0, 0.05) is 59.6 Å². The Labute approximate surface area is 186 Å². The molecule has 1 N–H and O–H groups in total. The lowest BCUT2D eigenvalue weighted by Crippen LogP contribution is -2.52. The topological polar surface area (TPSA) is 68.2 Å². The van der Waals surface area contributed by atoms with Crippen molar-refractivity contribution in [3.63, 3.8) is 0 Å². The zero-order chi connectivity index (χ0) is 22.6. The molecule has 1 aliphatic heterocycles. The molecule has 0 aliphatic carbocycles. The van der Waals surface area contributed by atoms with Crippen molar-refractivity contribution < 1.29 is 8.42 Å². The van der Waals surface area contributed by atoms with E-state index in [1.807, 2.05) is 12.1 Å². The molecule has 0 bridgehead atoms. The van der Waals surface area contributed by atoms with Crippen LogP contribution in [0.1, 0.15) is 16.7 Å². The maximum Gasteiger partial charge on any atom is 0.242 e. The van der Waals surface area contributed by atoms with E-state index >= 15 is 0 Å². The second-order valence-electron chi connectivity index (χ2n) is 8.03. The Balaban J connectivity index is 1.57. The molecule has 8 heteroatoms. The number of aryl methyl sites for hydroxylation is 1. The Morgan fingerprint density at radius 3 is 2.26 bits per heavy atom. The molecule has 0 amide bonds. The van der Waals surface area contributed by atoms with Crippen LogP contribution in [-0.4, -0.2) is 70.9 Å². The quantitative estimate of drug-likeness (QED) is 0.568. The highest BCUT2D eigenvalue weighted by atomic mass is 32.2. The second-order valence-corrected chi connectivity index (χ2v) is 10.2. The number of anilines is 1. The second kappa shape index (κ2) is 9.70. The maximum absolute atomic E-state index is 12.2. The lowest BCUT2D eigenvalue weighted by Gasteiger charge is -2.38. The molecule has 2 aromatic carbocycles. The summed E-state index contributed by atoms with van der Waals surface area (Å²) in [6.45, 7) is 8.62. The van der Waals surface area contributed by atoms with Crippen molar-refractivity contribution in [3.05, 3.63) is 59.2 Å². The summed E-state index contributed by atoms with van der Waals surface area (Å²) < 4.78 is 25.6. The fourth-order valence-electron chi connectivity index (χ4n) is 3.74. The highest BCUT2D eigenvalue weighted by Crippen LogP contribution is 2.24. The monoisotopic (exact) mass is 443 g/mol. The summed E-state index contributed by atoms with van der Waals surface area (Å²) in [7, 11) is 1.47. The molecule has 1 fully saturated rings. The number of piperazine rings is 1. The van der Waals surface area contributed by atoms with Crippen LogP contribution in [0, 0.1) is 13.8 Å². The van der Waals surface area contributed by atoms with Gasteiger partial charge in [0.25, 0.3) is 0 Å². The first kappa shape index (κ1) is 23.1. The molecule has 0 saturated carbocycles. The van der Waals surface area contributed by atoms with Crippen molar-refractivity contribution in [3.8, 4) is 0 Å². The standard InChI is InChI=1S/C23H33N5O2S/c1-18-7-6-8-22(19(18)2)27-13-15-28(16-14-27)23(24-3)25-17-20-9-11-21(12-10-20)31(29,30)26(4)5/h6-12H,13-17H2,1-5H3,(H,24,25). The summed E-state index contributed by atoms with van der Waals surface area (Å²) in [5.41, 5.74) is 4.99. The fraction of sp³-hybridized carbons (Fsp3) is 0.435. The van der Waals surface area contributed by atoms with E-state index in [1.54, 1.807) is 19.2 Å². The van der Waals surface area contributed by atoms with Gasteiger partial charge >= 0.3 is 0 Å². The van der Waals surface area contributed by atoms with E-state index in [0.717, 1.165) is 37.7 Å². The first-order chi connectivity index (χ1) is 14.7. The molecule has 31 heavy (non-hydrogen) atoms. The van der Waals surface area contributed by atoms with Crippen LogP contribution in [0.3, 0.4) is 0 Å². The first-order valence-electron chi connectivity index (χ1n) is 10.5. The van der Waals surface area contributed by atoms with Gasteiger partial charge in [-0.2, -0.15) is 0 Å². The van der Waals surface area contributed by atoms with Crippen molar-refractivity contribution in [2.45, 2.75) is 25.3 Å². The smallest absolute Gasteiger partial charge is 0.242 e. The average Bonchev–Trinajstić information content (AvgIpc) is 2.77. The number of guanidine groups is 1. The van der Waals surface area contributed by atoms with Gasteiger partial charge in [0.15, 0.2) is 5.96 Å². The summed E-state index contributed by atoms with van der Waals surface area (Å²) >= 11 is 0. The molecule has 3 rings (SSSR count). The lowest BCUT2D eigenvalue weighted by molar-refractivity contribution is 0.372. The van der Waals surface area contributed by atoms with Gasteiger partial charge in [0.1, 0.15) is 0 Å². The Morgan fingerprint density at radius 1 is 1.03 bits per heavy atom. The van der Waals surface area contributed by atoms with E-state index in [2.05, 4.69) is 52.2 Å². The largest absolute Gasteiger partial charge is 0.368 e. The van der Waals surface area contributed by atoms with Crippen LogP contribution in [0.15, 0.2) is 52.4 Å². The Kier molecular flexibility index (Phi) is 7.23. The van der Waals surface area contributed by atoms with Gasteiger partial charge < -0.3 is 15.1 Å². The minimum atomic E-state index is -3.40. The summed E-state index contributed by atoms with van der Waals surface area (Å²) in [6, 6.07) is 13.5. The van der Waals surface area contributed by atoms with Crippen LogP contribution in [0.2, 0.25) is 0 Å². The molecular weight excluding hydrogens is 410 g/mol. The van der Waals surface area contributed by atoms with Crippen LogP contribution >= 0.6 is 0 Å². The Hall–Kier alpha value is -2.58. The molecule has 0 aromatic heterocycles. The third-order valence-electron chi connectivity index (χ3n) is 5.86. The highest BCUT2D eigenvalue weighted by Gasteiger charge is 2.21. The molecular formula is C23H33N5O2S. The zero-order valence-corrected chi connectivity index (χ0v) is 19.9. The van der Waals surface area contributed by atoms with Crippen molar-refractivity contribution in [1.82, 2.24) is 14.5 Å². The third kappa shape index (κ3) is 5.19. The number of hydrogen-bond donors (Lipinski definition) is 1. The summed E-state index contributed by atoms with van der Waals surface area (Å²) in [5.74, 6) is 0.866. The van der Waals surface area contributed by atoms with Gasteiger partial charge in [-0.05, 0) is 48.7 Å². The van der Waals surface area contributed by atoms with E-state index in [9.17, 15) is 8.42 Å². The van der Waals surface area contributed by atoms with Crippen LogP contribution in [0.25, 0.3) is 0 Å². The van der Waals surface area contributed by atoms with Gasteiger partial charge in [-0.25, -0.2) is 12.7 Å². The first-order valence-corrected chi connectivity index (χ1v) is 12.0. The molecule has 0 radical (unpaired) electrons. The SMILES string of the molecule is CN=C(NCc1ccc(S(=O)(=O)N(C)C)cc1)N1CCN(c2cccc(C)c2C)CC1. The van der Waals surface area contributed by atoms with Crippen LogP contribution < -0.4 is 10.2 Å². The van der Waals surface area contributed by atoms with Crippen LogP contribution in [0.4, 0.5) is 5.69 Å². The maximum atomic E-state index is 12.2. The lowest BCUT2D eigenvalue weighted by atomic mass is 10.1. The molecule has 2 aromatic rings. The van der Waals surface area contributed by atoms with Crippen LogP contribution in [-0.2, 0) is 16.6 Å². The van der Waals surface area contributed by atoms with Crippen LogP contribution in [0.5, 0.6) is 0 Å². The van der Waals surface area contributed by atoms with E-state index in [0.29, 0.717) is 11.4 Å². The van der Waals surface area contributed by atoms with Crippen molar-refractivity contribution >= 4 is 21.7 Å². The predicted molar refractivity (Wildman–Crippen MR) is 127 cm³/mol. The molecule has 1 saturated heterocycles. The molecule has 0 unspecified atom stereocenters. The van der Waals surface area contributed by atoms with Crippen molar-refractivity contribution in [2.24, 2.45) is 4.99 Å². The zero-order valence-electron chi connectivity index (χ0n) is 19.1. The number of rotatable bonds is 5. The highest BCUT2D eigenvalue weighted by molar-refractivity contribution is 7.89. The summed E-state index contributed by atoms with van der Waals surface area (Å²) in [5, 5.41) is 3.41. The molecule has 7 nitrogen and oxygen atoms in total. The number of aliphatic imine (C=N–C) groups is 1. The summed E-state index contributed by atoms with van der Waals surface area (Å²) in [6.07, 6.45) is 0. The molecule has 0 spiro atoms. The molecule has 168 valence electrons. The van der Waals surface area contributed by atoms with E-state index in [1.165, 1.54) is 35.2 Å². The Bertz CT molecular complexity index is 1020. The minimum absolute atomic E-state index is 0.299. The van der Waals surface area contributed by atoms with E-state index in [-0.39, 0.29) is 0 Å². The number of hydrogen-bond acceptors (Lipinski definition) is 4. The van der Waals surface area contributed by atoms with Gasteiger partial charge in [0.2, 0.25) is 10.0 Å². The van der Waals surface area contributed by atoms with E-state index < -0.39 is 10.0 Å². The van der Waals surface area contributed by atoms with E-state index in [4.69, 9.17) is 0 Å². The van der Waals surface area contributed by atoms with Crippen molar-refractivity contribution in [2.75, 3.05) is 52.2 Å². The minimum Gasteiger partial charge on any atom is -0.368 e. The third-order valence-corrected chi connectivity index (χ3v) is 7.69. The van der Waals surface area contributed by atoms with Gasteiger partial charge in [-0.3, -0.25) is 4.99 Å².